The van der Waals surface area contributed by atoms with Gasteiger partial charge in [-0.2, -0.15) is 0 Å². The zero-order valence-corrected chi connectivity index (χ0v) is 42.0. The maximum absolute atomic E-state index is 12.8. The molecule has 0 saturated heterocycles. The van der Waals surface area contributed by atoms with Crippen LogP contribution in [0.3, 0.4) is 0 Å². The summed E-state index contributed by atoms with van der Waals surface area (Å²) >= 11 is 0. The monoisotopic (exact) mass is 893 g/mol. The van der Waals surface area contributed by atoms with Crippen molar-refractivity contribution in [2.45, 2.75) is 264 Å². The van der Waals surface area contributed by atoms with Crippen LogP contribution in [0.4, 0.5) is 0 Å². The first-order valence-electron chi connectivity index (χ1n) is 26.9. The largest absolute Gasteiger partial charge is 0.462 e. The molecule has 0 amide bonds. The highest BCUT2D eigenvalue weighted by Crippen LogP contribution is 2.15. The van der Waals surface area contributed by atoms with Gasteiger partial charge >= 0.3 is 17.9 Å². The summed E-state index contributed by atoms with van der Waals surface area (Å²) in [6.45, 7) is 6.48. The Hall–Kier alpha value is -3.15. The minimum atomic E-state index is -0.790. The lowest BCUT2D eigenvalue weighted by atomic mass is 10.0. The molecular weight excluding hydrogens is 793 g/mol. The van der Waals surface area contributed by atoms with Crippen LogP contribution >= 0.6 is 0 Å². The van der Waals surface area contributed by atoms with Crippen LogP contribution in [0.25, 0.3) is 0 Å². The summed E-state index contributed by atoms with van der Waals surface area (Å²) in [7, 11) is 0. The van der Waals surface area contributed by atoms with Gasteiger partial charge in [-0.1, -0.05) is 222 Å². The van der Waals surface area contributed by atoms with Gasteiger partial charge in [-0.15, -0.1) is 0 Å². The topological polar surface area (TPSA) is 78.9 Å². The molecule has 0 N–H and O–H groups in total. The van der Waals surface area contributed by atoms with E-state index in [4.69, 9.17) is 14.2 Å². The molecule has 64 heavy (non-hydrogen) atoms. The van der Waals surface area contributed by atoms with Gasteiger partial charge < -0.3 is 14.2 Å². The molecule has 0 fully saturated rings. The van der Waals surface area contributed by atoms with Gasteiger partial charge in [0.05, 0.1) is 0 Å². The predicted octanol–water partition coefficient (Wildman–Crippen LogP) is 17.8. The molecule has 0 aliphatic rings. The van der Waals surface area contributed by atoms with Gasteiger partial charge in [0.1, 0.15) is 13.2 Å². The molecule has 0 aromatic rings. The molecule has 0 aliphatic heterocycles. The molecule has 0 unspecified atom stereocenters. The predicted molar refractivity (Wildman–Crippen MR) is 274 cm³/mol. The van der Waals surface area contributed by atoms with Crippen LogP contribution in [0.15, 0.2) is 72.9 Å². The maximum atomic E-state index is 12.8. The summed E-state index contributed by atoms with van der Waals surface area (Å²) < 4.78 is 16.8. The normalized spacial score (nSPS) is 12.6. The van der Waals surface area contributed by atoms with Gasteiger partial charge in [-0.3, -0.25) is 14.4 Å². The van der Waals surface area contributed by atoms with Crippen molar-refractivity contribution in [3.63, 3.8) is 0 Å². The van der Waals surface area contributed by atoms with Crippen LogP contribution in [0.1, 0.15) is 258 Å². The lowest BCUT2D eigenvalue weighted by Crippen LogP contribution is -2.30. The Kier molecular flexibility index (Phi) is 49.9. The third kappa shape index (κ3) is 49.9. The third-order valence-electron chi connectivity index (χ3n) is 11.4. The van der Waals surface area contributed by atoms with Crippen molar-refractivity contribution in [2.75, 3.05) is 13.2 Å². The second-order valence-electron chi connectivity index (χ2n) is 17.8. The summed E-state index contributed by atoms with van der Waals surface area (Å²) in [5, 5.41) is 0. The number of unbranched alkanes of at least 4 members (excludes halogenated alkanes) is 25. The molecule has 368 valence electrons. The van der Waals surface area contributed by atoms with Gasteiger partial charge in [0, 0.05) is 19.3 Å². The Labute approximate surface area is 395 Å². The van der Waals surface area contributed by atoms with Crippen LogP contribution in [-0.4, -0.2) is 37.2 Å². The summed E-state index contributed by atoms with van der Waals surface area (Å²) in [5.41, 5.74) is 0. The molecule has 0 aliphatic carbocycles. The van der Waals surface area contributed by atoms with Crippen molar-refractivity contribution in [2.24, 2.45) is 0 Å². The van der Waals surface area contributed by atoms with Crippen molar-refractivity contribution in [3.05, 3.63) is 72.9 Å². The summed E-state index contributed by atoms with van der Waals surface area (Å²) in [5.74, 6) is -0.924. The standard InChI is InChI=1S/C58H100O6/c1-4-7-10-13-16-19-22-25-27-28-29-30-31-34-36-39-42-45-48-51-57(60)63-54-55(53-62-56(59)50-47-44-41-38-35-32-24-21-18-15-12-9-6-3)64-58(61)52-49-46-43-40-37-33-26-23-20-17-14-11-8-5-2/h7,10,16,19,21,24-25,27,29-30,34,36,55H,4-6,8-9,11-15,17-18,20,22-23,26,28,31-33,35,37-54H2,1-3H3/b10-7-,19-16-,24-21-,27-25-,30-29-,36-34-/t55-/m1/s1. The summed E-state index contributed by atoms with van der Waals surface area (Å²) in [6, 6.07) is 0. The van der Waals surface area contributed by atoms with E-state index in [-0.39, 0.29) is 31.1 Å². The second kappa shape index (κ2) is 52.5. The minimum Gasteiger partial charge on any atom is -0.462 e. The first-order valence-corrected chi connectivity index (χ1v) is 26.9. The smallest absolute Gasteiger partial charge is 0.306 e. The fourth-order valence-electron chi connectivity index (χ4n) is 7.40. The van der Waals surface area contributed by atoms with E-state index < -0.39 is 6.10 Å². The van der Waals surface area contributed by atoms with Crippen LogP contribution < -0.4 is 0 Å². The van der Waals surface area contributed by atoms with E-state index in [1.807, 2.05) is 0 Å². The van der Waals surface area contributed by atoms with E-state index in [2.05, 4.69) is 93.7 Å². The lowest BCUT2D eigenvalue weighted by molar-refractivity contribution is -0.167. The van der Waals surface area contributed by atoms with Crippen molar-refractivity contribution in [1.29, 1.82) is 0 Å². The third-order valence-corrected chi connectivity index (χ3v) is 11.4. The molecule has 0 aromatic carbocycles. The van der Waals surface area contributed by atoms with Gasteiger partial charge in [0.2, 0.25) is 0 Å². The molecular formula is C58H100O6. The number of carbonyl (C=O) groups excluding carboxylic acids is 3. The zero-order chi connectivity index (χ0) is 46.5. The number of esters is 3. The van der Waals surface area contributed by atoms with Gasteiger partial charge in [-0.25, -0.2) is 0 Å². The van der Waals surface area contributed by atoms with Crippen molar-refractivity contribution in [3.8, 4) is 0 Å². The molecule has 6 heteroatoms. The fourth-order valence-corrected chi connectivity index (χ4v) is 7.40. The highest BCUT2D eigenvalue weighted by atomic mass is 16.6. The highest BCUT2D eigenvalue weighted by Gasteiger charge is 2.19. The number of ether oxygens (including phenoxy) is 3. The molecule has 0 heterocycles. The minimum absolute atomic E-state index is 0.0887. The van der Waals surface area contributed by atoms with E-state index in [1.54, 1.807) is 0 Å². The number of allylic oxidation sites excluding steroid dienone is 12. The molecule has 0 aromatic heterocycles. The van der Waals surface area contributed by atoms with Gasteiger partial charge in [0.25, 0.3) is 0 Å². The van der Waals surface area contributed by atoms with Gasteiger partial charge in [0.15, 0.2) is 6.10 Å². The van der Waals surface area contributed by atoms with E-state index >= 15 is 0 Å². The number of hydrogen-bond acceptors (Lipinski definition) is 6. The van der Waals surface area contributed by atoms with Crippen molar-refractivity contribution >= 4 is 17.9 Å². The Balaban J connectivity index is 4.43. The molecule has 1 atom stereocenters. The molecule has 0 spiro atoms. The van der Waals surface area contributed by atoms with Crippen LogP contribution in [0.2, 0.25) is 0 Å². The molecule has 6 nitrogen and oxygen atoms in total. The number of hydrogen-bond donors (Lipinski definition) is 0. The molecule has 0 radical (unpaired) electrons. The van der Waals surface area contributed by atoms with Crippen LogP contribution in [0, 0.1) is 0 Å². The Morgan fingerprint density at radius 3 is 1.00 bits per heavy atom. The highest BCUT2D eigenvalue weighted by molar-refractivity contribution is 5.71. The summed E-state index contributed by atoms with van der Waals surface area (Å²) in [6.07, 6.45) is 66.0. The van der Waals surface area contributed by atoms with E-state index in [0.29, 0.717) is 19.3 Å². The van der Waals surface area contributed by atoms with Gasteiger partial charge in [-0.05, 0) is 89.9 Å². The number of rotatable bonds is 48. The van der Waals surface area contributed by atoms with E-state index in [1.165, 1.54) is 116 Å². The number of carbonyl (C=O) groups is 3. The molecule has 0 saturated carbocycles. The van der Waals surface area contributed by atoms with Crippen molar-refractivity contribution < 1.29 is 28.6 Å². The Morgan fingerprint density at radius 2 is 0.609 bits per heavy atom. The maximum Gasteiger partial charge on any atom is 0.306 e. The van der Waals surface area contributed by atoms with E-state index in [9.17, 15) is 14.4 Å². The van der Waals surface area contributed by atoms with Crippen LogP contribution in [0.5, 0.6) is 0 Å². The van der Waals surface area contributed by atoms with Crippen LogP contribution in [-0.2, 0) is 28.6 Å². The molecule has 0 rings (SSSR count). The lowest BCUT2D eigenvalue weighted by Gasteiger charge is -2.18. The fraction of sp³-hybridized carbons (Fsp3) is 0.741. The van der Waals surface area contributed by atoms with Crippen molar-refractivity contribution in [1.82, 2.24) is 0 Å². The SMILES string of the molecule is CC/C=C\C/C=C\C/C=C\C/C=C\C/C=C\CCCCCC(=O)OC[C@@H](COC(=O)CCCCCCC/C=C\CCCCCC)OC(=O)CCCCCCCCCCCCCCCC. The first-order chi connectivity index (χ1) is 31.5. The first kappa shape index (κ1) is 60.9. The Bertz CT molecular complexity index is 1210. The average molecular weight is 893 g/mol. The van der Waals surface area contributed by atoms with E-state index in [0.717, 1.165) is 103 Å². The summed E-state index contributed by atoms with van der Waals surface area (Å²) in [4.78, 5) is 38.0. The Morgan fingerprint density at radius 1 is 0.328 bits per heavy atom. The quantitative estimate of drug-likeness (QED) is 0.0262. The average Bonchev–Trinajstić information content (AvgIpc) is 3.29. The zero-order valence-electron chi connectivity index (χ0n) is 42.0. The second-order valence-corrected chi connectivity index (χ2v) is 17.8. The molecule has 0 bridgehead atoms.